The fourth-order valence-electron chi connectivity index (χ4n) is 3.49. The van der Waals surface area contributed by atoms with Gasteiger partial charge in [-0.2, -0.15) is 0 Å². The van der Waals surface area contributed by atoms with Crippen molar-refractivity contribution in [3.63, 3.8) is 0 Å². The normalized spacial score (nSPS) is 11.5. The third-order valence-electron chi connectivity index (χ3n) is 5.27. The van der Waals surface area contributed by atoms with Gasteiger partial charge < -0.3 is 15.0 Å². The van der Waals surface area contributed by atoms with Crippen molar-refractivity contribution in [2.45, 2.75) is 32.9 Å². The van der Waals surface area contributed by atoms with Crippen LogP contribution in [0.5, 0.6) is 5.75 Å². The molecule has 1 N–H and O–H groups in total. The van der Waals surface area contributed by atoms with Crippen LogP contribution in [0.2, 0.25) is 5.02 Å². The van der Waals surface area contributed by atoms with Crippen LogP contribution in [0.15, 0.2) is 78.9 Å². The highest BCUT2D eigenvalue weighted by atomic mass is 35.5. The van der Waals surface area contributed by atoms with Gasteiger partial charge in [0.1, 0.15) is 11.8 Å². The topological polar surface area (TPSA) is 58.6 Å². The molecule has 0 bridgehead atoms. The van der Waals surface area contributed by atoms with Gasteiger partial charge in [0.25, 0.3) is 5.91 Å². The minimum Gasteiger partial charge on any atom is -0.484 e. The third kappa shape index (κ3) is 7.36. The van der Waals surface area contributed by atoms with Gasteiger partial charge >= 0.3 is 0 Å². The van der Waals surface area contributed by atoms with Crippen LogP contribution in [0.4, 0.5) is 0 Å². The summed E-state index contributed by atoms with van der Waals surface area (Å²) >= 11 is 6.04. The third-order valence-corrected chi connectivity index (χ3v) is 5.52. The number of amides is 2. The Morgan fingerprint density at radius 2 is 1.61 bits per heavy atom. The quantitative estimate of drug-likeness (QED) is 0.468. The Morgan fingerprint density at radius 3 is 2.24 bits per heavy atom. The summed E-state index contributed by atoms with van der Waals surface area (Å²) in [5.41, 5.74) is 2.96. The van der Waals surface area contributed by atoms with Gasteiger partial charge in [0.2, 0.25) is 5.91 Å². The highest BCUT2D eigenvalue weighted by molar-refractivity contribution is 6.30. The summed E-state index contributed by atoms with van der Waals surface area (Å²) in [4.78, 5) is 28.1. The Bertz CT molecular complexity index is 1040. The second-order valence-electron chi connectivity index (χ2n) is 7.85. The van der Waals surface area contributed by atoms with Crippen molar-refractivity contribution >= 4 is 23.4 Å². The Labute approximate surface area is 200 Å². The maximum atomic E-state index is 13.4. The van der Waals surface area contributed by atoms with Crippen LogP contribution in [-0.4, -0.2) is 35.9 Å². The molecule has 0 unspecified atom stereocenters. The number of halogens is 1. The van der Waals surface area contributed by atoms with E-state index in [-0.39, 0.29) is 25.0 Å². The lowest BCUT2D eigenvalue weighted by Crippen LogP contribution is -2.51. The molecule has 6 heteroatoms. The van der Waals surface area contributed by atoms with Crippen LogP contribution < -0.4 is 10.1 Å². The molecule has 0 fully saturated rings. The van der Waals surface area contributed by atoms with Crippen molar-refractivity contribution in [1.82, 2.24) is 10.2 Å². The fraction of sp³-hybridized carbons (Fsp3) is 0.259. The second-order valence-corrected chi connectivity index (χ2v) is 8.29. The summed E-state index contributed by atoms with van der Waals surface area (Å²) < 4.78 is 5.76. The molecule has 0 aromatic heterocycles. The Morgan fingerprint density at radius 1 is 0.939 bits per heavy atom. The van der Waals surface area contributed by atoms with E-state index in [2.05, 4.69) is 5.32 Å². The maximum Gasteiger partial charge on any atom is 0.261 e. The number of benzene rings is 3. The zero-order valence-electron chi connectivity index (χ0n) is 19.0. The standard InChI is InChI=1S/C27H29ClN2O3/c1-3-29-27(32)25(17-21-7-5-4-6-8-21)30(18-22-11-13-23(28)14-12-22)26(31)19-33-24-15-9-20(2)10-16-24/h4-16,25H,3,17-19H2,1-2H3,(H,29,32)/t25-/m1/s1. The Balaban J connectivity index is 1.87. The molecular weight excluding hydrogens is 436 g/mol. The van der Waals surface area contributed by atoms with Gasteiger partial charge in [0.05, 0.1) is 0 Å². The molecule has 0 aliphatic heterocycles. The minimum atomic E-state index is -0.683. The first-order valence-corrected chi connectivity index (χ1v) is 11.4. The number of ether oxygens (including phenoxy) is 1. The number of rotatable bonds is 10. The van der Waals surface area contributed by atoms with E-state index in [0.717, 1.165) is 16.7 Å². The van der Waals surface area contributed by atoms with Crippen LogP contribution >= 0.6 is 11.6 Å². The van der Waals surface area contributed by atoms with E-state index in [4.69, 9.17) is 16.3 Å². The fourth-order valence-corrected chi connectivity index (χ4v) is 3.62. The second kappa shape index (κ2) is 12.1. The monoisotopic (exact) mass is 464 g/mol. The molecule has 3 rings (SSSR count). The van der Waals surface area contributed by atoms with E-state index in [9.17, 15) is 9.59 Å². The van der Waals surface area contributed by atoms with Crippen molar-refractivity contribution in [3.05, 3.63) is 101 Å². The molecular formula is C27H29ClN2O3. The summed E-state index contributed by atoms with van der Waals surface area (Å²) in [6.45, 7) is 4.43. The highest BCUT2D eigenvalue weighted by Gasteiger charge is 2.30. The highest BCUT2D eigenvalue weighted by Crippen LogP contribution is 2.18. The van der Waals surface area contributed by atoms with Gasteiger partial charge in [0, 0.05) is 24.5 Å². The predicted octanol–water partition coefficient (Wildman–Crippen LogP) is 4.80. The summed E-state index contributed by atoms with van der Waals surface area (Å²) in [6.07, 6.45) is 0.399. The number of carbonyl (C=O) groups excluding carboxylic acids is 2. The maximum absolute atomic E-state index is 13.4. The van der Waals surface area contributed by atoms with E-state index in [1.54, 1.807) is 17.0 Å². The molecule has 0 aliphatic rings. The van der Waals surface area contributed by atoms with Crippen LogP contribution in [0, 0.1) is 6.92 Å². The summed E-state index contributed by atoms with van der Waals surface area (Å²) in [7, 11) is 0. The number of aryl methyl sites for hydroxylation is 1. The largest absolute Gasteiger partial charge is 0.484 e. The molecule has 1 atom stereocenters. The van der Waals surface area contributed by atoms with Crippen molar-refractivity contribution in [1.29, 1.82) is 0 Å². The van der Waals surface area contributed by atoms with Crippen LogP contribution in [0.1, 0.15) is 23.6 Å². The van der Waals surface area contributed by atoms with E-state index in [0.29, 0.717) is 23.7 Å². The molecule has 5 nitrogen and oxygen atoms in total. The number of nitrogens with one attached hydrogen (secondary N) is 1. The molecule has 0 heterocycles. The van der Waals surface area contributed by atoms with Crippen molar-refractivity contribution in [2.75, 3.05) is 13.2 Å². The lowest BCUT2D eigenvalue weighted by atomic mass is 10.0. The summed E-state index contributed by atoms with van der Waals surface area (Å²) in [5, 5.41) is 3.50. The predicted molar refractivity (Wildman–Crippen MR) is 131 cm³/mol. The van der Waals surface area contributed by atoms with Gasteiger partial charge in [-0.1, -0.05) is 71.8 Å². The Hall–Kier alpha value is -3.31. The summed E-state index contributed by atoms with van der Waals surface area (Å²) in [5.74, 6) is 0.148. The van der Waals surface area contributed by atoms with Gasteiger partial charge in [-0.15, -0.1) is 0 Å². The Kier molecular flexibility index (Phi) is 8.90. The molecule has 3 aromatic rings. The zero-order valence-corrected chi connectivity index (χ0v) is 19.7. The van der Waals surface area contributed by atoms with E-state index >= 15 is 0 Å². The molecule has 0 aliphatic carbocycles. The average Bonchev–Trinajstić information content (AvgIpc) is 2.82. The molecule has 0 radical (unpaired) electrons. The van der Waals surface area contributed by atoms with Crippen molar-refractivity contribution in [3.8, 4) is 5.75 Å². The number of nitrogens with zero attached hydrogens (tertiary/aromatic N) is 1. The number of hydrogen-bond acceptors (Lipinski definition) is 3. The van der Waals surface area contributed by atoms with Gasteiger partial charge in [0.15, 0.2) is 6.61 Å². The van der Waals surface area contributed by atoms with E-state index < -0.39 is 6.04 Å². The first-order valence-electron chi connectivity index (χ1n) is 11.0. The first kappa shape index (κ1) is 24.3. The molecule has 3 aromatic carbocycles. The SMILES string of the molecule is CCNC(=O)[C@@H](Cc1ccccc1)N(Cc1ccc(Cl)cc1)C(=O)COc1ccc(C)cc1. The molecule has 172 valence electrons. The average molecular weight is 465 g/mol. The van der Waals surface area contributed by atoms with Crippen molar-refractivity contribution in [2.24, 2.45) is 0 Å². The molecule has 2 amide bonds. The zero-order chi connectivity index (χ0) is 23.6. The van der Waals surface area contributed by atoms with E-state index in [1.807, 2.05) is 80.6 Å². The lowest BCUT2D eigenvalue weighted by Gasteiger charge is -2.31. The number of hydrogen-bond donors (Lipinski definition) is 1. The summed E-state index contributed by atoms with van der Waals surface area (Å²) in [6, 6.07) is 23.8. The molecule has 0 saturated carbocycles. The van der Waals surface area contributed by atoms with Crippen LogP contribution in [0.25, 0.3) is 0 Å². The minimum absolute atomic E-state index is 0.165. The molecule has 0 spiro atoms. The van der Waals surface area contributed by atoms with Crippen molar-refractivity contribution < 1.29 is 14.3 Å². The van der Waals surface area contributed by atoms with Crippen LogP contribution in [-0.2, 0) is 22.6 Å². The number of carbonyl (C=O) groups is 2. The number of likely N-dealkylation sites (N-methyl/N-ethyl adjacent to an activating group) is 1. The van der Waals surface area contributed by atoms with Gasteiger partial charge in [-0.25, -0.2) is 0 Å². The smallest absolute Gasteiger partial charge is 0.261 e. The lowest BCUT2D eigenvalue weighted by molar-refractivity contribution is -0.142. The first-order chi connectivity index (χ1) is 16.0. The van der Waals surface area contributed by atoms with Crippen LogP contribution in [0.3, 0.4) is 0 Å². The van der Waals surface area contributed by atoms with E-state index in [1.165, 1.54) is 0 Å². The molecule has 33 heavy (non-hydrogen) atoms. The molecule has 0 saturated heterocycles. The van der Waals surface area contributed by atoms with Gasteiger partial charge in [-0.3, -0.25) is 9.59 Å². The van der Waals surface area contributed by atoms with Gasteiger partial charge in [-0.05, 0) is 49.2 Å².